The molecule has 33 heavy (non-hydrogen) atoms. The van der Waals surface area contributed by atoms with Gasteiger partial charge >= 0.3 is 0 Å². The molecule has 0 atom stereocenters. The molecule has 0 radical (unpaired) electrons. The molecule has 0 fully saturated rings. The SMILES string of the molecule is Cc1cc(-c2noc(CCC(=O)Nc3nc(-c4ccc5c(c4)OCCO5)cs3)n2)ccc1F. The van der Waals surface area contributed by atoms with Crippen LogP contribution in [0.1, 0.15) is 17.9 Å². The van der Waals surface area contributed by atoms with Crippen molar-refractivity contribution in [1.82, 2.24) is 15.1 Å². The minimum atomic E-state index is -0.293. The van der Waals surface area contributed by atoms with Gasteiger partial charge in [-0.15, -0.1) is 11.3 Å². The van der Waals surface area contributed by atoms with Crippen LogP contribution in [-0.2, 0) is 11.2 Å². The van der Waals surface area contributed by atoms with E-state index >= 15 is 0 Å². The number of hydrogen-bond acceptors (Lipinski definition) is 8. The van der Waals surface area contributed by atoms with E-state index in [-0.39, 0.29) is 24.6 Å². The fourth-order valence-electron chi connectivity index (χ4n) is 3.33. The molecule has 2 aromatic carbocycles. The second-order valence-electron chi connectivity index (χ2n) is 7.42. The van der Waals surface area contributed by atoms with Gasteiger partial charge in [0.25, 0.3) is 0 Å². The van der Waals surface area contributed by atoms with Crippen molar-refractivity contribution in [2.24, 2.45) is 0 Å². The third kappa shape index (κ3) is 4.70. The third-order valence-electron chi connectivity index (χ3n) is 5.04. The van der Waals surface area contributed by atoms with Crippen LogP contribution in [0.15, 0.2) is 46.3 Å². The number of hydrogen-bond donors (Lipinski definition) is 1. The number of aryl methyl sites for hydroxylation is 2. The van der Waals surface area contributed by atoms with E-state index in [1.54, 1.807) is 19.1 Å². The number of anilines is 1. The van der Waals surface area contributed by atoms with Gasteiger partial charge in [-0.05, 0) is 48.9 Å². The van der Waals surface area contributed by atoms with Crippen molar-refractivity contribution in [2.45, 2.75) is 19.8 Å². The van der Waals surface area contributed by atoms with Crippen LogP contribution in [0.2, 0.25) is 0 Å². The summed E-state index contributed by atoms with van der Waals surface area (Å²) < 4.78 is 29.8. The molecule has 2 aromatic heterocycles. The number of benzene rings is 2. The minimum Gasteiger partial charge on any atom is -0.486 e. The molecule has 1 aliphatic rings. The zero-order valence-corrected chi connectivity index (χ0v) is 18.4. The van der Waals surface area contributed by atoms with Crippen molar-refractivity contribution in [3.63, 3.8) is 0 Å². The largest absolute Gasteiger partial charge is 0.486 e. The fraction of sp³-hybridized carbons (Fsp3) is 0.217. The Balaban J connectivity index is 1.18. The molecule has 0 saturated carbocycles. The highest BCUT2D eigenvalue weighted by Crippen LogP contribution is 2.35. The van der Waals surface area contributed by atoms with Crippen LogP contribution in [0.5, 0.6) is 11.5 Å². The van der Waals surface area contributed by atoms with Crippen LogP contribution in [0.25, 0.3) is 22.6 Å². The number of carbonyl (C=O) groups is 1. The van der Waals surface area contributed by atoms with E-state index in [4.69, 9.17) is 14.0 Å². The molecule has 0 unspecified atom stereocenters. The second kappa shape index (κ2) is 8.99. The summed E-state index contributed by atoms with van der Waals surface area (Å²) in [5, 5.41) is 9.08. The highest BCUT2D eigenvalue weighted by atomic mass is 32.1. The van der Waals surface area contributed by atoms with E-state index in [0.29, 0.717) is 52.7 Å². The number of nitrogens with zero attached hydrogens (tertiary/aromatic N) is 3. The molecule has 0 spiro atoms. The highest BCUT2D eigenvalue weighted by molar-refractivity contribution is 7.14. The normalized spacial score (nSPS) is 12.5. The van der Waals surface area contributed by atoms with Crippen LogP contribution >= 0.6 is 11.3 Å². The van der Waals surface area contributed by atoms with Crippen LogP contribution in [0, 0.1) is 12.7 Å². The molecule has 0 bridgehead atoms. The molecule has 1 amide bonds. The van der Waals surface area contributed by atoms with Crippen molar-refractivity contribution < 1.29 is 23.2 Å². The lowest BCUT2D eigenvalue weighted by molar-refractivity contribution is -0.116. The predicted octanol–water partition coefficient (Wildman–Crippen LogP) is 4.65. The summed E-state index contributed by atoms with van der Waals surface area (Å²) in [5.41, 5.74) is 2.77. The van der Waals surface area contributed by atoms with Crippen molar-refractivity contribution >= 4 is 22.4 Å². The second-order valence-corrected chi connectivity index (χ2v) is 8.28. The van der Waals surface area contributed by atoms with Gasteiger partial charge in [-0.25, -0.2) is 9.37 Å². The zero-order valence-electron chi connectivity index (χ0n) is 17.6. The Labute approximate surface area is 192 Å². The third-order valence-corrected chi connectivity index (χ3v) is 5.80. The summed E-state index contributed by atoms with van der Waals surface area (Å²) in [5.74, 6) is 1.59. The number of carbonyl (C=O) groups excluding carboxylic acids is 1. The van der Waals surface area contributed by atoms with Gasteiger partial charge in [-0.2, -0.15) is 4.98 Å². The maximum absolute atomic E-state index is 13.4. The lowest BCUT2D eigenvalue weighted by atomic mass is 10.1. The number of fused-ring (bicyclic) bond motifs is 1. The van der Waals surface area contributed by atoms with Gasteiger partial charge in [0.05, 0.1) is 5.69 Å². The van der Waals surface area contributed by atoms with Gasteiger partial charge in [-0.3, -0.25) is 4.79 Å². The van der Waals surface area contributed by atoms with Crippen LogP contribution in [-0.4, -0.2) is 34.2 Å². The van der Waals surface area contributed by atoms with Gasteiger partial charge in [0.2, 0.25) is 17.6 Å². The lowest BCUT2D eigenvalue weighted by Crippen LogP contribution is -2.15. The Morgan fingerprint density at radius 2 is 1.91 bits per heavy atom. The van der Waals surface area contributed by atoms with E-state index in [0.717, 1.165) is 11.3 Å². The number of amides is 1. The molecule has 4 aromatic rings. The number of halogens is 1. The van der Waals surface area contributed by atoms with Crippen molar-refractivity contribution in [2.75, 3.05) is 18.5 Å². The number of aromatic nitrogens is 3. The van der Waals surface area contributed by atoms with Crippen molar-refractivity contribution in [3.8, 4) is 34.1 Å². The number of thiazole rings is 1. The Kier molecular flexibility index (Phi) is 5.74. The van der Waals surface area contributed by atoms with Crippen molar-refractivity contribution in [3.05, 3.63) is 59.0 Å². The first-order valence-corrected chi connectivity index (χ1v) is 11.2. The van der Waals surface area contributed by atoms with Gasteiger partial charge in [0.1, 0.15) is 19.0 Å². The monoisotopic (exact) mass is 466 g/mol. The highest BCUT2D eigenvalue weighted by Gasteiger charge is 2.15. The molecule has 5 rings (SSSR count). The number of rotatable bonds is 6. The Morgan fingerprint density at radius 1 is 1.09 bits per heavy atom. The molecule has 1 aliphatic heterocycles. The lowest BCUT2D eigenvalue weighted by Gasteiger charge is -2.18. The topological polar surface area (TPSA) is 99.4 Å². The van der Waals surface area contributed by atoms with E-state index in [1.165, 1.54) is 17.4 Å². The maximum Gasteiger partial charge on any atom is 0.227 e. The smallest absolute Gasteiger partial charge is 0.227 e. The summed E-state index contributed by atoms with van der Waals surface area (Å²) in [4.78, 5) is 21.2. The van der Waals surface area contributed by atoms with E-state index in [2.05, 4.69) is 20.4 Å². The molecular weight excluding hydrogens is 447 g/mol. The molecule has 0 saturated heterocycles. The minimum absolute atomic E-state index is 0.156. The molecule has 8 nitrogen and oxygen atoms in total. The van der Waals surface area contributed by atoms with E-state index in [9.17, 15) is 9.18 Å². The molecule has 10 heteroatoms. The molecule has 3 heterocycles. The van der Waals surface area contributed by atoms with Crippen LogP contribution in [0.3, 0.4) is 0 Å². The summed E-state index contributed by atoms with van der Waals surface area (Å²) in [6.07, 6.45) is 0.433. The first-order chi connectivity index (χ1) is 16.0. The van der Waals surface area contributed by atoms with Gasteiger partial charge in [0, 0.05) is 29.3 Å². The Morgan fingerprint density at radius 3 is 2.76 bits per heavy atom. The predicted molar refractivity (Wildman–Crippen MR) is 120 cm³/mol. The van der Waals surface area contributed by atoms with E-state index in [1.807, 2.05) is 23.6 Å². The average molecular weight is 466 g/mol. The first kappa shape index (κ1) is 21.1. The van der Waals surface area contributed by atoms with Gasteiger partial charge < -0.3 is 19.3 Å². The molecule has 0 aliphatic carbocycles. The summed E-state index contributed by atoms with van der Waals surface area (Å²) >= 11 is 1.34. The number of ether oxygens (including phenoxy) is 2. The first-order valence-electron chi connectivity index (χ1n) is 10.3. The summed E-state index contributed by atoms with van der Waals surface area (Å²) in [6.45, 7) is 2.72. The van der Waals surface area contributed by atoms with Crippen molar-refractivity contribution in [1.29, 1.82) is 0 Å². The van der Waals surface area contributed by atoms with Gasteiger partial charge in [0.15, 0.2) is 16.6 Å². The average Bonchev–Trinajstić information content (AvgIpc) is 3.49. The summed E-state index contributed by atoms with van der Waals surface area (Å²) in [7, 11) is 0. The Bertz CT molecular complexity index is 1320. The molecule has 1 N–H and O–H groups in total. The zero-order chi connectivity index (χ0) is 22.8. The number of nitrogens with one attached hydrogen (secondary N) is 1. The molecular formula is C23H19FN4O4S. The Hall–Kier alpha value is -3.79. The maximum atomic E-state index is 13.4. The quantitative estimate of drug-likeness (QED) is 0.442. The van der Waals surface area contributed by atoms with Crippen LogP contribution < -0.4 is 14.8 Å². The standard InChI is InChI=1S/C23H19FN4O4S/c1-13-10-15(2-4-16(13)24)22-27-21(32-28-22)7-6-20(29)26-23-25-17(12-33-23)14-3-5-18-19(11-14)31-9-8-30-18/h2-5,10-12H,6-9H2,1H3,(H,25,26,29). The van der Waals surface area contributed by atoms with E-state index < -0.39 is 0 Å². The van der Waals surface area contributed by atoms with Crippen LogP contribution in [0.4, 0.5) is 9.52 Å². The van der Waals surface area contributed by atoms with Gasteiger partial charge in [-0.1, -0.05) is 5.16 Å². The summed E-state index contributed by atoms with van der Waals surface area (Å²) in [6, 6.07) is 10.2. The molecule has 168 valence electrons. The fourth-order valence-corrected chi connectivity index (χ4v) is 4.06.